The van der Waals surface area contributed by atoms with E-state index in [0.717, 1.165) is 53.9 Å². The highest BCUT2D eigenvalue weighted by atomic mass is 16.5. The largest absolute Gasteiger partial charge is 0.508 e. The second kappa shape index (κ2) is 6.56. The number of phenolic OH excluding ortho intramolecular Hbond substituents is 2. The molecule has 0 amide bonds. The Labute approximate surface area is 154 Å². The summed E-state index contributed by atoms with van der Waals surface area (Å²) >= 11 is 0. The Morgan fingerprint density at radius 2 is 1.81 bits per heavy atom. The molecule has 2 atom stereocenters. The molecule has 2 N–H and O–H groups in total. The zero-order valence-corrected chi connectivity index (χ0v) is 15.0. The Hall–Kier alpha value is -2.68. The van der Waals surface area contributed by atoms with E-state index in [1.165, 1.54) is 5.57 Å². The molecule has 2 aliphatic rings. The molecule has 1 heterocycles. The number of aryl methyl sites for hydroxylation is 2. The maximum absolute atomic E-state index is 10.7. The number of allylic oxidation sites excluding steroid dienone is 3. The first-order chi connectivity index (χ1) is 12.5. The molecule has 0 fully saturated rings. The third kappa shape index (κ3) is 3.10. The Kier molecular flexibility index (Phi) is 4.23. The van der Waals surface area contributed by atoms with Gasteiger partial charge in [0.2, 0.25) is 0 Å². The molecule has 0 bridgehead atoms. The minimum absolute atomic E-state index is 0.158. The van der Waals surface area contributed by atoms with E-state index >= 15 is 0 Å². The van der Waals surface area contributed by atoms with Crippen LogP contribution in [-0.4, -0.2) is 10.2 Å². The molecule has 0 spiro atoms. The van der Waals surface area contributed by atoms with Gasteiger partial charge in [0.1, 0.15) is 23.0 Å². The summed E-state index contributed by atoms with van der Waals surface area (Å²) in [6, 6.07) is 11.1. The van der Waals surface area contributed by atoms with Crippen molar-refractivity contribution < 1.29 is 14.9 Å². The quantitative estimate of drug-likeness (QED) is 0.747. The third-order valence-electron chi connectivity index (χ3n) is 5.55. The summed E-state index contributed by atoms with van der Waals surface area (Å²) < 4.78 is 6.01. The molecule has 26 heavy (non-hydrogen) atoms. The van der Waals surface area contributed by atoms with E-state index in [1.807, 2.05) is 24.3 Å². The summed E-state index contributed by atoms with van der Waals surface area (Å²) in [5.74, 6) is 2.55. The molecule has 3 heteroatoms. The van der Waals surface area contributed by atoms with Crippen LogP contribution in [0.15, 0.2) is 60.4 Å². The molecular weight excluding hydrogens is 324 g/mol. The van der Waals surface area contributed by atoms with Crippen molar-refractivity contribution in [3.05, 3.63) is 77.1 Å². The van der Waals surface area contributed by atoms with Crippen LogP contribution in [-0.2, 0) is 12.8 Å². The normalized spacial score (nSPS) is 21.4. The lowest BCUT2D eigenvalue weighted by atomic mass is 9.74. The first-order valence-corrected chi connectivity index (χ1v) is 9.19. The summed E-state index contributed by atoms with van der Waals surface area (Å²) in [5, 5.41) is 20.1. The average Bonchev–Trinajstić information content (AvgIpc) is 2.60. The fourth-order valence-corrected chi connectivity index (χ4v) is 4.11. The molecule has 0 unspecified atom stereocenters. The maximum Gasteiger partial charge on any atom is 0.134 e. The van der Waals surface area contributed by atoms with Gasteiger partial charge in [-0.1, -0.05) is 30.4 Å². The molecule has 0 saturated carbocycles. The molecule has 134 valence electrons. The summed E-state index contributed by atoms with van der Waals surface area (Å²) in [6.07, 6.45) is 5.98. The third-order valence-corrected chi connectivity index (χ3v) is 5.55. The minimum Gasteiger partial charge on any atom is -0.508 e. The van der Waals surface area contributed by atoms with Gasteiger partial charge in [0.15, 0.2) is 0 Å². The van der Waals surface area contributed by atoms with Crippen molar-refractivity contribution in [3.63, 3.8) is 0 Å². The van der Waals surface area contributed by atoms with Crippen molar-refractivity contribution in [3.8, 4) is 17.2 Å². The Balaban J connectivity index is 1.62. The van der Waals surface area contributed by atoms with Crippen molar-refractivity contribution in [1.82, 2.24) is 0 Å². The lowest BCUT2D eigenvalue weighted by Gasteiger charge is -2.37. The molecule has 1 aliphatic heterocycles. The van der Waals surface area contributed by atoms with E-state index in [4.69, 9.17) is 4.74 Å². The highest BCUT2D eigenvalue weighted by molar-refractivity contribution is 5.55. The lowest BCUT2D eigenvalue weighted by molar-refractivity contribution is 0.275. The monoisotopic (exact) mass is 348 g/mol. The van der Waals surface area contributed by atoms with E-state index in [0.29, 0.717) is 5.75 Å². The Morgan fingerprint density at radius 3 is 2.58 bits per heavy atom. The zero-order chi connectivity index (χ0) is 18.3. The van der Waals surface area contributed by atoms with Gasteiger partial charge >= 0.3 is 0 Å². The molecule has 2 aromatic carbocycles. The van der Waals surface area contributed by atoms with Gasteiger partial charge in [0.25, 0.3) is 0 Å². The van der Waals surface area contributed by atoms with Crippen LogP contribution in [0, 0.1) is 5.92 Å². The highest BCUT2D eigenvalue weighted by Crippen LogP contribution is 2.51. The lowest BCUT2D eigenvalue weighted by Crippen LogP contribution is -2.25. The van der Waals surface area contributed by atoms with Crippen molar-refractivity contribution in [2.75, 3.05) is 0 Å². The van der Waals surface area contributed by atoms with E-state index in [2.05, 4.69) is 19.6 Å². The van der Waals surface area contributed by atoms with E-state index < -0.39 is 0 Å². The molecule has 1 aliphatic carbocycles. The van der Waals surface area contributed by atoms with Crippen molar-refractivity contribution in [1.29, 1.82) is 0 Å². The zero-order valence-electron chi connectivity index (χ0n) is 15.0. The first-order valence-electron chi connectivity index (χ1n) is 9.19. The van der Waals surface area contributed by atoms with Crippen molar-refractivity contribution in [2.45, 2.75) is 38.5 Å². The van der Waals surface area contributed by atoms with E-state index in [9.17, 15) is 10.2 Å². The number of hydrogen-bond acceptors (Lipinski definition) is 3. The molecule has 0 aromatic heterocycles. The number of rotatable bonds is 3. The average molecular weight is 348 g/mol. The molecule has 3 nitrogen and oxygen atoms in total. The first kappa shape index (κ1) is 16.8. The number of benzene rings is 2. The van der Waals surface area contributed by atoms with Gasteiger partial charge in [-0.3, -0.25) is 0 Å². The number of hydrogen-bond donors (Lipinski definition) is 2. The molecule has 0 radical (unpaired) electrons. The predicted molar refractivity (Wildman–Crippen MR) is 103 cm³/mol. The van der Waals surface area contributed by atoms with Crippen LogP contribution in [0.4, 0.5) is 0 Å². The van der Waals surface area contributed by atoms with Crippen LogP contribution in [0.1, 0.15) is 42.4 Å². The van der Waals surface area contributed by atoms with E-state index in [1.54, 1.807) is 12.1 Å². The summed E-state index contributed by atoms with van der Waals surface area (Å²) in [5.41, 5.74) is 4.45. The topological polar surface area (TPSA) is 49.7 Å². The van der Waals surface area contributed by atoms with Gasteiger partial charge in [-0.25, -0.2) is 0 Å². The number of aromatic hydroxyl groups is 2. The molecular formula is C23H24O3. The van der Waals surface area contributed by atoms with Crippen LogP contribution in [0.5, 0.6) is 17.2 Å². The van der Waals surface area contributed by atoms with Crippen molar-refractivity contribution >= 4 is 0 Å². The maximum atomic E-state index is 10.7. The minimum atomic E-state index is 0.158. The van der Waals surface area contributed by atoms with Gasteiger partial charge < -0.3 is 14.9 Å². The van der Waals surface area contributed by atoms with Crippen LogP contribution in [0.2, 0.25) is 0 Å². The highest BCUT2D eigenvalue weighted by Gasteiger charge is 2.36. The van der Waals surface area contributed by atoms with Crippen molar-refractivity contribution in [2.24, 2.45) is 5.92 Å². The Bertz CT molecular complexity index is 877. The summed E-state index contributed by atoms with van der Waals surface area (Å²) in [7, 11) is 0. The predicted octanol–water partition coefficient (Wildman–Crippen LogP) is 5.23. The number of phenols is 2. The van der Waals surface area contributed by atoms with Crippen LogP contribution in [0.3, 0.4) is 0 Å². The fourth-order valence-electron chi connectivity index (χ4n) is 4.11. The smallest absolute Gasteiger partial charge is 0.134 e. The molecule has 4 rings (SSSR count). The molecule has 2 aromatic rings. The Morgan fingerprint density at radius 1 is 1.08 bits per heavy atom. The van der Waals surface area contributed by atoms with Crippen LogP contribution < -0.4 is 4.74 Å². The standard InChI is InChI=1S/C23H24O3/c1-14-3-10-19-15(2)26-22-13-17(12-21(25)23(22)20(19)11-14)5-4-16-6-8-18(24)9-7-16/h6-9,11-13,19-20,24-25H,2-5,10H2,1H3/t19-,20-/m0/s1. The van der Waals surface area contributed by atoms with Gasteiger partial charge in [-0.15, -0.1) is 0 Å². The second-order valence-electron chi connectivity index (χ2n) is 7.45. The SMILES string of the molecule is C=C1Oc2cc(CCc3ccc(O)cc3)cc(O)c2[C@H]2C=C(C)CC[C@@H]12. The van der Waals surface area contributed by atoms with Gasteiger partial charge in [0, 0.05) is 17.4 Å². The van der Waals surface area contributed by atoms with Crippen LogP contribution >= 0.6 is 0 Å². The molecule has 0 saturated heterocycles. The number of fused-ring (bicyclic) bond motifs is 3. The van der Waals surface area contributed by atoms with Crippen LogP contribution in [0.25, 0.3) is 0 Å². The fraction of sp³-hybridized carbons (Fsp3) is 0.304. The van der Waals surface area contributed by atoms with Gasteiger partial charge in [0.05, 0.1) is 0 Å². The second-order valence-corrected chi connectivity index (χ2v) is 7.45. The van der Waals surface area contributed by atoms with Gasteiger partial charge in [-0.2, -0.15) is 0 Å². The number of ether oxygens (including phenoxy) is 1. The van der Waals surface area contributed by atoms with E-state index in [-0.39, 0.29) is 17.6 Å². The summed E-state index contributed by atoms with van der Waals surface area (Å²) in [6.45, 7) is 6.28. The summed E-state index contributed by atoms with van der Waals surface area (Å²) in [4.78, 5) is 0. The van der Waals surface area contributed by atoms with Gasteiger partial charge in [-0.05, 0) is 68.0 Å².